The van der Waals surface area contributed by atoms with Crippen LogP contribution in [-0.4, -0.2) is 32.7 Å². The molecular formula is C15H22N2O2. The van der Waals surface area contributed by atoms with Gasteiger partial charge in [-0.1, -0.05) is 19.1 Å². The highest BCUT2D eigenvalue weighted by atomic mass is 16.5. The molecule has 1 saturated heterocycles. The summed E-state index contributed by atoms with van der Waals surface area (Å²) in [5.74, 6) is 1.21. The Hall–Kier alpha value is -1.55. The number of hydrogen-bond donors (Lipinski definition) is 1. The molecule has 0 radical (unpaired) electrons. The maximum atomic E-state index is 12.6. The van der Waals surface area contributed by atoms with Gasteiger partial charge in [-0.25, -0.2) is 0 Å². The van der Waals surface area contributed by atoms with E-state index in [0.717, 1.165) is 30.8 Å². The summed E-state index contributed by atoms with van der Waals surface area (Å²) in [6.07, 6.45) is 2.24. The Bertz CT molecular complexity index is 448. The lowest BCUT2D eigenvalue weighted by Gasteiger charge is -2.32. The molecule has 1 amide bonds. The van der Waals surface area contributed by atoms with Crippen LogP contribution in [0.4, 0.5) is 5.69 Å². The number of likely N-dealkylation sites (N-methyl/N-ethyl adjacent to an activating group) is 1. The lowest BCUT2D eigenvalue weighted by atomic mass is 9.92. The van der Waals surface area contributed by atoms with Crippen molar-refractivity contribution in [2.45, 2.75) is 25.8 Å². The number of nitrogens with one attached hydrogen (secondary N) is 1. The predicted molar refractivity (Wildman–Crippen MR) is 76.6 cm³/mol. The molecule has 4 nitrogen and oxygen atoms in total. The molecule has 2 rings (SSSR count). The zero-order chi connectivity index (χ0) is 13.8. The number of benzene rings is 1. The first-order valence-corrected chi connectivity index (χ1v) is 6.79. The van der Waals surface area contributed by atoms with Gasteiger partial charge in [0.1, 0.15) is 5.75 Å². The van der Waals surface area contributed by atoms with E-state index in [2.05, 4.69) is 12.2 Å². The second-order valence-electron chi connectivity index (χ2n) is 5.12. The summed E-state index contributed by atoms with van der Waals surface area (Å²) in [6, 6.07) is 7.51. The fraction of sp³-hybridized carbons (Fsp3) is 0.533. The lowest BCUT2D eigenvalue weighted by Crippen LogP contribution is -2.51. The molecule has 1 aromatic carbocycles. The summed E-state index contributed by atoms with van der Waals surface area (Å²) < 4.78 is 5.32. The van der Waals surface area contributed by atoms with Crippen LogP contribution in [0.5, 0.6) is 5.75 Å². The monoisotopic (exact) mass is 262 g/mol. The molecule has 19 heavy (non-hydrogen) atoms. The Balaban J connectivity index is 2.18. The highest BCUT2D eigenvalue weighted by molar-refractivity contribution is 5.98. The molecule has 104 valence electrons. The molecule has 0 aliphatic carbocycles. The van der Waals surface area contributed by atoms with Gasteiger partial charge < -0.3 is 15.0 Å². The molecule has 2 atom stereocenters. The molecular weight excluding hydrogens is 240 g/mol. The van der Waals surface area contributed by atoms with Crippen LogP contribution in [-0.2, 0) is 4.79 Å². The molecule has 0 saturated carbocycles. The van der Waals surface area contributed by atoms with Crippen molar-refractivity contribution in [1.29, 1.82) is 0 Å². The molecule has 4 heteroatoms. The average Bonchev–Trinajstić information content (AvgIpc) is 2.46. The molecule has 1 aliphatic heterocycles. The van der Waals surface area contributed by atoms with Crippen molar-refractivity contribution in [3.05, 3.63) is 24.3 Å². The van der Waals surface area contributed by atoms with Gasteiger partial charge in [-0.15, -0.1) is 0 Å². The first-order valence-electron chi connectivity index (χ1n) is 6.79. The largest absolute Gasteiger partial charge is 0.495 e. The van der Waals surface area contributed by atoms with Gasteiger partial charge in [0.2, 0.25) is 5.91 Å². The first-order chi connectivity index (χ1) is 9.15. The molecule has 1 aromatic rings. The van der Waals surface area contributed by atoms with Crippen LogP contribution in [0.3, 0.4) is 0 Å². The summed E-state index contributed by atoms with van der Waals surface area (Å²) in [7, 11) is 3.43. The smallest absolute Gasteiger partial charge is 0.244 e. The lowest BCUT2D eigenvalue weighted by molar-refractivity contribution is -0.122. The minimum atomic E-state index is -0.0938. The predicted octanol–water partition coefficient (Wildman–Crippen LogP) is 2.05. The van der Waals surface area contributed by atoms with Crippen LogP contribution in [0.25, 0.3) is 0 Å². The zero-order valence-corrected chi connectivity index (χ0v) is 11.8. The summed E-state index contributed by atoms with van der Waals surface area (Å²) in [4.78, 5) is 14.3. The number of ether oxygens (including phenoxy) is 1. The van der Waals surface area contributed by atoms with Gasteiger partial charge in [-0.2, -0.15) is 0 Å². The third kappa shape index (κ3) is 2.89. The number of methoxy groups -OCH3 is 1. The zero-order valence-electron chi connectivity index (χ0n) is 11.8. The van der Waals surface area contributed by atoms with Crippen molar-refractivity contribution >= 4 is 11.6 Å². The van der Waals surface area contributed by atoms with Crippen LogP contribution < -0.4 is 15.0 Å². The fourth-order valence-corrected chi connectivity index (χ4v) is 2.61. The molecule has 1 fully saturated rings. The van der Waals surface area contributed by atoms with Crippen molar-refractivity contribution in [3.63, 3.8) is 0 Å². The van der Waals surface area contributed by atoms with Crippen molar-refractivity contribution in [1.82, 2.24) is 5.32 Å². The van der Waals surface area contributed by atoms with E-state index in [1.54, 1.807) is 12.0 Å². The molecule has 1 N–H and O–H groups in total. The van der Waals surface area contributed by atoms with Gasteiger partial charge in [0.15, 0.2) is 0 Å². The Labute approximate surface area is 114 Å². The summed E-state index contributed by atoms with van der Waals surface area (Å²) >= 11 is 0. The van der Waals surface area contributed by atoms with Crippen LogP contribution in [0, 0.1) is 5.92 Å². The van der Waals surface area contributed by atoms with E-state index in [1.807, 2.05) is 31.3 Å². The number of nitrogens with zero attached hydrogens (tertiary/aromatic N) is 1. The Morgan fingerprint density at radius 1 is 1.42 bits per heavy atom. The number of amides is 1. The van der Waals surface area contributed by atoms with Gasteiger partial charge in [0.25, 0.3) is 0 Å². The van der Waals surface area contributed by atoms with Crippen molar-refractivity contribution in [3.8, 4) is 5.75 Å². The van der Waals surface area contributed by atoms with Crippen LogP contribution in [0.15, 0.2) is 24.3 Å². The quantitative estimate of drug-likeness (QED) is 0.906. The first kappa shape index (κ1) is 13.9. The molecule has 2 unspecified atom stereocenters. The summed E-state index contributed by atoms with van der Waals surface area (Å²) in [5.41, 5.74) is 0.814. The minimum Gasteiger partial charge on any atom is -0.495 e. The highest BCUT2D eigenvalue weighted by Crippen LogP contribution is 2.28. The number of hydrogen-bond acceptors (Lipinski definition) is 3. The van der Waals surface area contributed by atoms with Crippen molar-refractivity contribution < 1.29 is 9.53 Å². The molecule has 1 aliphatic rings. The minimum absolute atomic E-state index is 0.0938. The second-order valence-corrected chi connectivity index (χ2v) is 5.12. The van der Waals surface area contributed by atoms with Crippen LogP contribution in [0.2, 0.25) is 0 Å². The van der Waals surface area contributed by atoms with E-state index in [4.69, 9.17) is 4.74 Å². The molecule has 0 bridgehead atoms. The summed E-state index contributed by atoms with van der Waals surface area (Å²) in [6.45, 7) is 3.05. The Kier molecular flexibility index (Phi) is 4.43. The maximum absolute atomic E-state index is 12.6. The third-order valence-electron chi connectivity index (χ3n) is 3.81. The normalized spacial score (nSPS) is 22.9. The summed E-state index contributed by atoms with van der Waals surface area (Å²) in [5, 5.41) is 3.32. The number of para-hydroxylation sites is 2. The SMILES string of the molecule is COc1ccccc1N(C)C(=O)C1NCCCC1C. The number of piperidine rings is 1. The standard InChI is InChI=1S/C15H22N2O2/c1-11-7-6-10-16-14(11)15(18)17(2)12-8-4-5-9-13(12)19-3/h4-5,8-9,11,14,16H,6-7,10H2,1-3H3. The van der Waals surface area contributed by atoms with E-state index < -0.39 is 0 Å². The van der Waals surface area contributed by atoms with Crippen LogP contribution >= 0.6 is 0 Å². The van der Waals surface area contributed by atoms with Crippen molar-refractivity contribution in [2.24, 2.45) is 5.92 Å². The van der Waals surface area contributed by atoms with E-state index in [0.29, 0.717) is 5.92 Å². The van der Waals surface area contributed by atoms with Crippen LogP contribution in [0.1, 0.15) is 19.8 Å². The van der Waals surface area contributed by atoms with Gasteiger partial charge in [-0.05, 0) is 37.4 Å². The Morgan fingerprint density at radius 3 is 2.84 bits per heavy atom. The van der Waals surface area contributed by atoms with Gasteiger partial charge in [0.05, 0.1) is 18.8 Å². The van der Waals surface area contributed by atoms with E-state index in [9.17, 15) is 4.79 Å². The van der Waals surface area contributed by atoms with Gasteiger partial charge in [-0.3, -0.25) is 4.79 Å². The van der Waals surface area contributed by atoms with E-state index in [1.165, 1.54) is 0 Å². The number of anilines is 1. The number of carbonyl (C=O) groups is 1. The average molecular weight is 262 g/mol. The second kappa shape index (κ2) is 6.06. The van der Waals surface area contributed by atoms with Gasteiger partial charge >= 0.3 is 0 Å². The number of rotatable bonds is 3. The van der Waals surface area contributed by atoms with Crippen molar-refractivity contribution in [2.75, 3.05) is 25.6 Å². The van der Waals surface area contributed by atoms with E-state index in [-0.39, 0.29) is 11.9 Å². The Morgan fingerprint density at radius 2 is 2.16 bits per heavy atom. The molecule has 0 spiro atoms. The topological polar surface area (TPSA) is 41.6 Å². The van der Waals surface area contributed by atoms with E-state index >= 15 is 0 Å². The fourth-order valence-electron chi connectivity index (χ4n) is 2.61. The maximum Gasteiger partial charge on any atom is 0.244 e. The van der Waals surface area contributed by atoms with Gasteiger partial charge in [0, 0.05) is 7.05 Å². The molecule has 0 aromatic heterocycles. The molecule has 1 heterocycles. The highest BCUT2D eigenvalue weighted by Gasteiger charge is 2.30. The third-order valence-corrected chi connectivity index (χ3v) is 3.81. The number of carbonyl (C=O) groups excluding carboxylic acids is 1.